The van der Waals surface area contributed by atoms with Crippen molar-refractivity contribution in [3.05, 3.63) is 35.6 Å². The lowest BCUT2D eigenvalue weighted by Crippen LogP contribution is -2.49. The van der Waals surface area contributed by atoms with E-state index in [-0.39, 0.29) is 40.0 Å². The predicted octanol–water partition coefficient (Wildman–Crippen LogP) is 3.94. The molecule has 3 rings (SSSR count). The summed E-state index contributed by atoms with van der Waals surface area (Å²) in [4.78, 5) is 4.37. The van der Waals surface area contributed by atoms with Crippen molar-refractivity contribution >= 4 is 41.7 Å². The highest BCUT2D eigenvalue weighted by Crippen LogP contribution is 2.48. The van der Waals surface area contributed by atoms with E-state index in [1.54, 1.807) is 19.2 Å². The van der Waals surface area contributed by atoms with Crippen molar-refractivity contribution < 1.29 is 9.13 Å². The van der Waals surface area contributed by atoms with Gasteiger partial charge in [-0.2, -0.15) is 11.8 Å². The third kappa shape index (κ3) is 5.73. The summed E-state index contributed by atoms with van der Waals surface area (Å²) in [6.07, 6.45) is 4.17. The quantitative estimate of drug-likeness (QED) is 0.334. The minimum absolute atomic E-state index is 0. The highest BCUT2D eigenvalue weighted by atomic mass is 127. The van der Waals surface area contributed by atoms with Gasteiger partial charge in [-0.15, -0.1) is 24.0 Å². The molecule has 0 amide bonds. The van der Waals surface area contributed by atoms with E-state index in [9.17, 15) is 4.39 Å². The van der Waals surface area contributed by atoms with Gasteiger partial charge in [0.25, 0.3) is 0 Å². The summed E-state index contributed by atoms with van der Waals surface area (Å²) in [7, 11) is 1.79. The molecule has 0 atom stereocenters. The van der Waals surface area contributed by atoms with E-state index in [0.717, 1.165) is 62.7 Å². The zero-order valence-electron chi connectivity index (χ0n) is 16.2. The third-order valence-corrected chi connectivity index (χ3v) is 7.00. The fraction of sp³-hybridized carbons (Fsp3) is 0.650. The lowest BCUT2D eigenvalue weighted by molar-refractivity contribution is 0.0782. The number of benzene rings is 1. The Morgan fingerprint density at radius 1 is 1.15 bits per heavy atom. The van der Waals surface area contributed by atoms with Gasteiger partial charge in [0.15, 0.2) is 5.96 Å². The van der Waals surface area contributed by atoms with E-state index in [1.807, 2.05) is 23.9 Å². The normalized spacial score (nSPS) is 20.5. The van der Waals surface area contributed by atoms with Crippen LogP contribution < -0.4 is 10.6 Å². The number of hydrogen-bond acceptors (Lipinski definition) is 3. The lowest BCUT2D eigenvalue weighted by Gasteiger charge is -2.37. The molecule has 1 heterocycles. The molecule has 2 aliphatic rings. The Morgan fingerprint density at radius 3 is 2.41 bits per heavy atom. The molecular weight excluding hydrogens is 476 g/mol. The van der Waals surface area contributed by atoms with Gasteiger partial charge in [0.1, 0.15) is 5.82 Å². The molecule has 7 heteroatoms. The second-order valence-electron chi connectivity index (χ2n) is 7.27. The molecule has 27 heavy (non-hydrogen) atoms. The Morgan fingerprint density at radius 2 is 1.81 bits per heavy atom. The van der Waals surface area contributed by atoms with Crippen LogP contribution in [0.15, 0.2) is 29.3 Å². The monoisotopic (exact) mass is 507 g/mol. The first-order chi connectivity index (χ1) is 12.6. The molecule has 0 radical (unpaired) electrons. The molecule has 2 N–H and O–H groups in total. The van der Waals surface area contributed by atoms with Crippen LogP contribution in [-0.2, 0) is 10.2 Å². The zero-order valence-corrected chi connectivity index (χ0v) is 19.4. The van der Waals surface area contributed by atoms with Gasteiger partial charge in [-0.3, -0.25) is 4.99 Å². The van der Waals surface area contributed by atoms with E-state index in [1.165, 1.54) is 0 Å². The summed E-state index contributed by atoms with van der Waals surface area (Å²) in [6, 6.07) is 7.14. The second kappa shape index (κ2) is 10.3. The number of thioether (sulfide) groups is 1. The Hall–Kier alpha value is -0.540. The topological polar surface area (TPSA) is 45.7 Å². The second-order valence-corrected chi connectivity index (χ2v) is 9.00. The van der Waals surface area contributed by atoms with Gasteiger partial charge in [0.2, 0.25) is 0 Å². The maximum atomic E-state index is 14.2. The fourth-order valence-corrected chi connectivity index (χ4v) is 4.97. The molecule has 152 valence electrons. The molecule has 1 aliphatic carbocycles. The molecule has 2 fully saturated rings. The number of ether oxygens (including phenoxy) is 1. The van der Waals surface area contributed by atoms with Crippen LogP contribution in [0.4, 0.5) is 4.39 Å². The van der Waals surface area contributed by atoms with Crippen LogP contribution in [0.25, 0.3) is 0 Å². The summed E-state index contributed by atoms with van der Waals surface area (Å²) in [6.45, 7) is 5.46. The first-order valence-electron chi connectivity index (χ1n) is 9.54. The number of nitrogens with zero attached hydrogens (tertiary/aromatic N) is 1. The lowest BCUT2D eigenvalue weighted by atomic mass is 9.95. The average molecular weight is 507 g/mol. The van der Waals surface area contributed by atoms with Gasteiger partial charge in [-0.05, 0) is 43.1 Å². The number of nitrogens with one attached hydrogen (secondary N) is 2. The van der Waals surface area contributed by atoms with Crippen molar-refractivity contribution in [3.8, 4) is 0 Å². The maximum absolute atomic E-state index is 14.2. The molecule has 1 aliphatic heterocycles. The first-order valence-corrected chi connectivity index (χ1v) is 10.5. The summed E-state index contributed by atoms with van der Waals surface area (Å²) < 4.78 is 19.9. The molecule has 0 bridgehead atoms. The Balaban J connectivity index is 0.00000261. The molecule has 1 saturated heterocycles. The first kappa shape index (κ1) is 22.7. The molecule has 0 spiro atoms. The third-order valence-electron chi connectivity index (χ3n) is 5.55. The van der Waals surface area contributed by atoms with Gasteiger partial charge in [-0.1, -0.05) is 25.1 Å². The SMILES string of the molecule is CCSC1(CNC(=NC)NCC2(c3ccccc3F)CC2)CCOCC1.I. The summed E-state index contributed by atoms with van der Waals surface area (Å²) >= 11 is 2.01. The molecule has 0 aromatic heterocycles. The Bertz CT molecular complexity index is 628. The molecule has 4 nitrogen and oxygen atoms in total. The van der Waals surface area contributed by atoms with Crippen LogP contribution in [0, 0.1) is 5.82 Å². The van der Waals surface area contributed by atoms with Crippen molar-refractivity contribution in [2.45, 2.75) is 42.8 Å². The smallest absolute Gasteiger partial charge is 0.191 e. The number of guanidine groups is 1. The van der Waals surface area contributed by atoms with Crippen molar-refractivity contribution in [1.82, 2.24) is 10.6 Å². The predicted molar refractivity (Wildman–Crippen MR) is 123 cm³/mol. The molecule has 1 aromatic rings. The maximum Gasteiger partial charge on any atom is 0.191 e. The minimum atomic E-state index is -0.102. The van der Waals surface area contributed by atoms with E-state index in [4.69, 9.17) is 4.74 Å². The van der Waals surface area contributed by atoms with E-state index in [2.05, 4.69) is 22.5 Å². The minimum Gasteiger partial charge on any atom is -0.381 e. The Kier molecular flexibility index (Phi) is 8.68. The summed E-state index contributed by atoms with van der Waals surface area (Å²) in [5, 5.41) is 6.93. The van der Waals surface area contributed by atoms with E-state index in [0.29, 0.717) is 6.54 Å². The van der Waals surface area contributed by atoms with Gasteiger partial charge < -0.3 is 15.4 Å². The van der Waals surface area contributed by atoms with Crippen LogP contribution in [0.5, 0.6) is 0 Å². The van der Waals surface area contributed by atoms with Crippen molar-refractivity contribution in [2.24, 2.45) is 4.99 Å². The van der Waals surface area contributed by atoms with Gasteiger partial charge in [-0.25, -0.2) is 4.39 Å². The van der Waals surface area contributed by atoms with Crippen molar-refractivity contribution in [3.63, 3.8) is 0 Å². The summed E-state index contributed by atoms with van der Waals surface area (Å²) in [5.74, 6) is 1.80. The Labute approximate surface area is 183 Å². The molecule has 1 saturated carbocycles. The number of aliphatic imine (C=N–C) groups is 1. The summed E-state index contributed by atoms with van der Waals surface area (Å²) in [5.41, 5.74) is 0.739. The highest BCUT2D eigenvalue weighted by molar-refractivity contribution is 14.0. The fourth-order valence-electron chi connectivity index (χ4n) is 3.72. The van der Waals surface area contributed by atoms with Gasteiger partial charge in [0, 0.05) is 43.5 Å². The molecular formula is C20H31FIN3OS. The average Bonchev–Trinajstić information content (AvgIpc) is 3.44. The number of halogens is 2. The zero-order chi connectivity index (χ0) is 18.5. The number of hydrogen-bond donors (Lipinski definition) is 2. The van der Waals surface area contributed by atoms with E-state index >= 15 is 0 Å². The highest BCUT2D eigenvalue weighted by Gasteiger charge is 2.46. The largest absolute Gasteiger partial charge is 0.381 e. The van der Waals surface area contributed by atoms with Crippen LogP contribution in [0.2, 0.25) is 0 Å². The van der Waals surface area contributed by atoms with Crippen LogP contribution in [-0.4, -0.2) is 49.8 Å². The van der Waals surface area contributed by atoms with Crippen LogP contribution in [0.1, 0.15) is 38.2 Å². The molecule has 1 aromatic carbocycles. The van der Waals surface area contributed by atoms with Crippen LogP contribution in [0.3, 0.4) is 0 Å². The standard InChI is InChI=1S/C20H30FN3OS.HI/c1-3-26-20(10-12-25-13-11-20)15-24-18(22-2)23-14-19(8-9-19)16-6-4-5-7-17(16)21;/h4-7H,3,8-15H2,1-2H3,(H2,22,23,24);1H. The van der Waals surface area contributed by atoms with Crippen LogP contribution >= 0.6 is 35.7 Å². The van der Waals surface area contributed by atoms with Gasteiger partial charge >= 0.3 is 0 Å². The number of rotatable bonds is 7. The van der Waals surface area contributed by atoms with E-state index < -0.39 is 0 Å². The van der Waals surface area contributed by atoms with Crippen molar-refractivity contribution in [1.29, 1.82) is 0 Å². The van der Waals surface area contributed by atoms with Crippen molar-refractivity contribution in [2.75, 3.05) is 39.1 Å². The van der Waals surface area contributed by atoms with Gasteiger partial charge in [0.05, 0.1) is 0 Å². The molecule has 0 unspecified atom stereocenters.